The van der Waals surface area contributed by atoms with Crippen LogP contribution in [0.5, 0.6) is 11.5 Å². The van der Waals surface area contributed by atoms with Gasteiger partial charge in [-0.1, -0.05) is 37.9 Å². The number of rotatable bonds is 3. The molecule has 0 saturated heterocycles. The number of nitriles is 1. The second-order valence-electron chi connectivity index (χ2n) is 3.63. The van der Waals surface area contributed by atoms with E-state index in [1.165, 1.54) is 0 Å². The minimum Gasteiger partial charge on any atom is -0.457 e. The molecule has 0 spiro atoms. The molecule has 0 saturated carbocycles. The van der Waals surface area contributed by atoms with Crippen molar-refractivity contribution in [2.24, 2.45) is 0 Å². The van der Waals surface area contributed by atoms with Crippen LogP contribution < -0.4 is 4.74 Å². The van der Waals surface area contributed by atoms with Crippen LogP contribution in [0, 0.1) is 11.3 Å². The summed E-state index contributed by atoms with van der Waals surface area (Å²) in [5, 5.41) is 9.55. The SMILES string of the molecule is N#Cc1cccc(Oc2ccc(Br)cc2CBr)c1. The van der Waals surface area contributed by atoms with E-state index >= 15 is 0 Å². The Balaban J connectivity index is 2.31. The highest BCUT2D eigenvalue weighted by atomic mass is 79.9. The highest BCUT2D eigenvalue weighted by Gasteiger charge is 2.05. The molecule has 0 aliphatic rings. The van der Waals surface area contributed by atoms with Gasteiger partial charge in [0.2, 0.25) is 0 Å². The van der Waals surface area contributed by atoms with Crippen molar-refractivity contribution in [3.8, 4) is 17.6 Å². The topological polar surface area (TPSA) is 33.0 Å². The van der Waals surface area contributed by atoms with E-state index in [9.17, 15) is 0 Å². The second kappa shape index (κ2) is 6.03. The van der Waals surface area contributed by atoms with Crippen molar-refractivity contribution in [2.45, 2.75) is 5.33 Å². The average molecular weight is 367 g/mol. The molecule has 0 aliphatic heterocycles. The molecule has 0 aliphatic carbocycles. The molecule has 0 amide bonds. The largest absolute Gasteiger partial charge is 0.457 e. The predicted molar refractivity (Wildman–Crippen MR) is 78.0 cm³/mol. The molecule has 90 valence electrons. The van der Waals surface area contributed by atoms with Crippen molar-refractivity contribution in [1.82, 2.24) is 0 Å². The molecule has 0 atom stereocenters. The second-order valence-corrected chi connectivity index (χ2v) is 5.10. The third-order valence-corrected chi connectivity index (χ3v) is 3.45. The Morgan fingerprint density at radius 2 is 2.00 bits per heavy atom. The Kier molecular flexibility index (Phi) is 4.40. The molecule has 0 radical (unpaired) electrons. The fraction of sp³-hybridized carbons (Fsp3) is 0.0714. The average Bonchev–Trinajstić information content (AvgIpc) is 2.41. The van der Waals surface area contributed by atoms with Gasteiger partial charge in [0.05, 0.1) is 11.6 Å². The van der Waals surface area contributed by atoms with Crippen molar-refractivity contribution in [2.75, 3.05) is 0 Å². The van der Waals surface area contributed by atoms with E-state index in [2.05, 4.69) is 37.9 Å². The normalized spacial score (nSPS) is 9.83. The first-order chi connectivity index (χ1) is 8.72. The van der Waals surface area contributed by atoms with Crippen LogP contribution in [0.2, 0.25) is 0 Å². The maximum absolute atomic E-state index is 8.85. The number of hydrogen-bond acceptors (Lipinski definition) is 2. The van der Waals surface area contributed by atoms with E-state index in [4.69, 9.17) is 10.00 Å². The summed E-state index contributed by atoms with van der Waals surface area (Å²) in [5.74, 6) is 1.45. The molecule has 4 heteroatoms. The molecule has 18 heavy (non-hydrogen) atoms. The zero-order valence-corrected chi connectivity index (χ0v) is 12.5. The lowest BCUT2D eigenvalue weighted by Gasteiger charge is -2.10. The van der Waals surface area contributed by atoms with Crippen LogP contribution >= 0.6 is 31.9 Å². The Labute approximate surface area is 122 Å². The maximum atomic E-state index is 8.85. The molecule has 0 heterocycles. The van der Waals surface area contributed by atoms with Crippen LogP contribution in [0.3, 0.4) is 0 Å². The van der Waals surface area contributed by atoms with Gasteiger partial charge in [-0.25, -0.2) is 0 Å². The highest BCUT2D eigenvalue weighted by Crippen LogP contribution is 2.29. The molecular formula is C14H9Br2NO. The lowest BCUT2D eigenvalue weighted by atomic mass is 10.2. The van der Waals surface area contributed by atoms with Gasteiger partial charge in [0.1, 0.15) is 11.5 Å². The number of alkyl halides is 1. The monoisotopic (exact) mass is 365 g/mol. The molecule has 2 rings (SSSR count). The summed E-state index contributed by atoms with van der Waals surface area (Å²) in [7, 11) is 0. The third-order valence-electron chi connectivity index (χ3n) is 2.36. The van der Waals surface area contributed by atoms with Crippen molar-refractivity contribution < 1.29 is 4.74 Å². The van der Waals surface area contributed by atoms with Crippen LogP contribution in [0.15, 0.2) is 46.9 Å². The van der Waals surface area contributed by atoms with Crippen LogP contribution in [0.4, 0.5) is 0 Å². The molecule has 0 N–H and O–H groups in total. The number of ether oxygens (including phenoxy) is 1. The third kappa shape index (κ3) is 3.12. The van der Waals surface area contributed by atoms with Crippen LogP contribution in [0.25, 0.3) is 0 Å². The zero-order chi connectivity index (χ0) is 13.0. The van der Waals surface area contributed by atoms with Gasteiger partial charge in [0.25, 0.3) is 0 Å². The van der Waals surface area contributed by atoms with Gasteiger partial charge < -0.3 is 4.74 Å². The van der Waals surface area contributed by atoms with Gasteiger partial charge in [-0.05, 0) is 36.4 Å². The van der Waals surface area contributed by atoms with Gasteiger partial charge in [-0.3, -0.25) is 0 Å². The zero-order valence-electron chi connectivity index (χ0n) is 9.36. The Hall–Kier alpha value is -1.31. The summed E-state index contributed by atoms with van der Waals surface area (Å²) < 4.78 is 6.81. The standard InChI is InChI=1S/C14H9Br2NO/c15-8-11-7-12(16)4-5-14(11)18-13-3-1-2-10(6-13)9-17/h1-7H,8H2. The quantitative estimate of drug-likeness (QED) is 0.715. The van der Waals surface area contributed by atoms with Gasteiger partial charge in [-0.2, -0.15) is 5.26 Å². The number of benzene rings is 2. The van der Waals surface area contributed by atoms with Crippen molar-refractivity contribution in [3.05, 3.63) is 58.1 Å². The molecule has 2 nitrogen and oxygen atoms in total. The summed E-state index contributed by atoms with van der Waals surface area (Å²) in [6, 6.07) is 15.0. The van der Waals surface area contributed by atoms with Crippen molar-refractivity contribution in [3.63, 3.8) is 0 Å². The molecule has 0 bridgehead atoms. The van der Waals surface area contributed by atoms with E-state index in [-0.39, 0.29) is 0 Å². The highest BCUT2D eigenvalue weighted by molar-refractivity contribution is 9.10. The Morgan fingerprint density at radius 1 is 1.17 bits per heavy atom. The first kappa shape index (κ1) is 13.1. The van der Waals surface area contributed by atoms with Crippen molar-refractivity contribution in [1.29, 1.82) is 5.26 Å². The van der Waals surface area contributed by atoms with E-state index in [1.807, 2.05) is 24.3 Å². The van der Waals surface area contributed by atoms with Gasteiger partial charge >= 0.3 is 0 Å². The fourth-order valence-corrected chi connectivity index (χ4v) is 2.35. The molecule has 0 fully saturated rings. The Bertz CT molecular complexity index is 605. The predicted octanol–water partition coefficient (Wildman–Crippen LogP) is 5.01. The molecule has 0 unspecified atom stereocenters. The first-order valence-corrected chi connectivity index (χ1v) is 7.17. The lowest BCUT2D eigenvalue weighted by Crippen LogP contribution is -1.90. The van der Waals surface area contributed by atoms with E-state index in [0.29, 0.717) is 16.6 Å². The summed E-state index contributed by atoms with van der Waals surface area (Å²) in [5.41, 5.74) is 1.64. The van der Waals surface area contributed by atoms with Gasteiger partial charge in [0, 0.05) is 15.4 Å². The number of hydrogen-bond donors (Lipinski definition) is 0. The summed E-state index contributed by atoms with van der Waals surface area (Å²) >= 11 is 6.86. The number of halogens is 2. The minimum absolute atomic E-state index is 0.588. The molecular weight excluding hydrogens is 358 g/mol. The smallest absolute Gasteiger partial charge is 0.131 e. The van der Waals surface area contributed by atoms with Crippen LogP contribution in [-0.4, -0.2) is 0 Å². The van der Waals surface area contributed by atoms with Crippen molar-refractivity contribution >= 4 is 31.9 Å². The molecule has 2 aromatic carbocycles. The molecule has 2 aromatic rings. The maximum Gasteiger partial charge on any atom is 0.131 e. The van der Waals surface area contributed by atoms with Crippen LogP contribution in [-0.2, 0) is 5.33 Å². The summed E-state index contributed by atoms with van der Waals surface area (Å²) in [4.78, 5) is 0. The number of nitrogens with zero attached hydrogens (tertiary/aromatic N) is 1. The van der Waals surface area contributed by atoms with E-state index in [0.717, 1.165) is 15.8 Å². The van der Waals surface area contributed by atoms with Gasteiger partial charge in [0.15, 0.2) is 0 Å². The fourth-order valence-electron chi connectivity index (χ4n) is 1.51. The first-order valence-electron chi connectivity index (χ1n) is 5.25. The van der Waals surface area contributed by atoms with E-state index < -0.39 is 0 Å². The lowest BCUT2D eigenvalue weighted by molar-refractivity contribution is 0.478. The molecule has 0 aromatic heterocycles. The van der Waals surface area contributed by atoms with E-state index in [1.54, 1.807) is 18.2 Å². The summed E-state index contributed by atoms with van der Waals surface area (Å²) in [6.07, 6.45) is 0. The van der Waals surface area contributed by atoms with Crippen LogP contribution in [0.1, 0.15) is 11.1 Å². The Morgan fingerprint density at radius 3 is 2.72 bits per heavy atom. The minimum atomic E-state index is 0.588. The van der Waals surface area contributed by atoms with Gasteiger partial charge in [-0.15, -0.1) is 0 Å². The summed E-state index contributed by atoms with van der Waals surface area (Å²) in [6.45, 7) is 0.